The maximum Gasteiger partial charge on any atom is 0.220 e. The molecular weight excluding hydrogens is 188 g/mol. The molecule has 0 saturated carbocycles. The van der Waals surface area contributed by atoms with E-state index in [1.807, 2.05) is 6.92 Å². The molecule has 15 heavy (non-hydrogen) atoms. The average molecular weight is 214 g/mol. The van der Waals surface area contributed by atoms with Crippen LogP contribution in [-0.4, -0.2) is 18.0 Å². The van der Waals surface area contributed by atoms with Crippen molar-refractivity contribution in [1.29, 1.82) is 0 Å². The van der Waals surface area contributed by atoms with Gasteiger partial charge in [-0.15, -0.1) is 0 Å². The van der Waals surface area contributed by atoms with Crippen LogP contribution in [0.25, 0.3) is 0 Å². The van der Waals surface area contributed by atoms with Crippen LogP contribution in [0.2, 0.25) is 0 Å². The second-order valence-corrected chi connectivity index (χ2v) is 4.43. The van der Waals surface area contributed by atoms with Gasteiger partial charge in [-0.3, -0.25) is 4.79 Å². The Kier molecular flexibility index (Phi) is 6.57. The summed E-state index contributed by atoms with van der Waals surface area (Å²) in [5.74, 6) is 0.409. The van der Waals surface area contributed by atoms with Crippen LogP contribution in [0.3, 0.4) is 0 Å². The van der Waals surface area contributed by atoms with Crippen LogP contribution in [0.4, 0.5) is 0 Å². The molecule has 0 fully saturated rings. The molecule has 0 spiro atoms. The van der Waals surface area contributed by atoms with Gasteiger partial charge in [0.2, 0.25) is 5.91 Å². The molecule has 0 saturated heterocycles. The number of carbonyl (C=O) groups excluding carboxylic acids is 1. The van der Waals surface area contributed by atoms with Gasteiger partial charge in [-0.1, -0.05) is 27.7 Å². The normalized spacial score (nSPS) is 13.7. The molecule has 0 aromatic carbocycles. The molecule has 0 aliphatic carbocycles. The lowest BCUT2D eigenvalue weighted by atomic mass is 9.89. The molecule has 1 amide bonds. The Morgan fingerprint density at radius 1 is 1.27 bits per heavy atom. The maximum atomic E-state index is 11.7. The smallest absolute Gasteiger partial charge is 0.220 e. The summed E-state index contributed by atoms with van der Waals surface area (Å²) in [7, 11) is 0. The highest BCUT2D eigenvalue weighted by atomic mass is 16.1. The first-order chi connectivity index (χ1) is 7.03. The summed E-state index contributed by atoms with van der Waals surface area (Å²) in [5.41, 5.74) is 5.49. The number of hydrogen-bond acceptors (Lipinski definition) is 2. The zero-order chi connectivity index (χ0) is 11.9. The summed E-state index contributed by atoms with van der Waals surface area (Å²) in [6.45, 7) is 8.95. The fraction of sp³-hybridized carbons (Fsp3) is 0.917. The van der Waals surface area contributed by atoms with Gasteiger partial charge in [-0.25, -0.2) is 0 Å². The van der Waals surface area contributed by atoms with Gasteiger partial charge in [0.15, 0.2) is 0 Å². The minimum absolute atomic E-state index is 0.00853. The van der Waals surface area contributed by atoms with E-state index in [9.17, 15) is 4.79 Å². The van der Waals surface area contributed by atoms with E-state index in [2.05, 4.69) is 26.1 Å². The van der Waals surface area contributed by atoms with Crippen LogP contribution in [0, 0.1) is 5.92 Å². The number of carbonyl (C=O) groups is 1. The van der Waals surface area contributed by atoms with E-state index in [1.165, 1.54) is 0 Å². The van der Waals surface area contributed by atoms with Crippen LogP contribution in [0.15, 0.2) is 0 Å². The van der Waals surface area contributed by atoms with Crippen LogP contribution < -0.4 is 11.1 Å². The van der Waals surface area contributed by atoms with Gasteiger partial charge in [0.25, 0.3) is 0 Å². The molecular formula is C12H26N2O. The molecule has 3 N–H and O–H groups in total. The molecule has 1 unspecified atom stereocenters. The largest absolute Gasteiger partial charge is 0.351 e. The van der Waals surface area contributed by atoms with Crippen LogP contribution >= 0.6 is 0 Å². The number of nitrogens with two attached hydrogens (primary N) is 1. The van der Waals surface area contributed by atoms with E-state index in [0.29, 0.717) is 13.0 Å². The molecule has 0 aliphatic heterocycles. The van der Waals surface area contributed by atoms with Crippen molar-refractivity contribution in [1.82, 2.24) is 5.32 Å². The fourth-order valence-corrected chi connectivity index (χ4v) is 1.76. The highest BCUT2D eigenvalue weighted by molar-refractivity contribution is 5.77. The van der Waals surface area contributed by atoms with Crippen LogP contribution in [0.1, 0.15) is 53.4 Å². The molecule has 1 atom stereocenters. The predicted octanol–water partition coefficient (Wildman–Crippen LogP) is 2.06. The number of nitrogens with one attached hydrogen (secondary N) is 1. The quantitative estimate of drug-likeness (QED) is 0.681. The topological polar surface area (TPSA) is 55.1 Å². The average Bonchev–Trinajstić information content (AvgIpc) is 2.26. The van der Waals surface area contributed by atoms with E-state index in [4.69, 9.17) is 5.73 Å². The summed E-state index contributed by atoms with van der Waals surface area (Å²) >= 11 is 0. The molecule has 0 radical (unpaired) electrons. The molecule has 3 nitrogen and oxygen atoms in total. The molecule has 0 rings (SSSR count). The first-order valence-electron chi connectivity index (χ1n) is 6.04. The van der Waals surface area contributed by atoms with E-state index >= 15 is 0 Å². The Morgan fingerprint density at radius 3 is 2.07 bits per heavy atom. The standard InChI is InChI=1S/C12H26N2O/c1-5-12(6-2,7-3)14-11(15)8-10(4)9-13/h10H,5-9,13H2,1-4H3,(H,14,15). The Hall–Kier alpha value is -0.570. The van der Waals surface area contributed by atoms with Gasteiger partial charge in [-0.2, -0.15) is 0 Å². The van der Waals surface area contributed by atoms with Gasteiger partial charge < -0.3 is 11.1 Å². The molecule has 0 aliphatic rings. The summed E-state index contributed by atoms with van der Waals surface area (Å²) in [6.07, 6.45) is 3.51. The molecule has 3 heteroatoms. The van der Waals surface area contributed by atoms with Crippen molar-refractivity contribution in [3.8, 4) is 0 Å². The molecule has 90 valence electrons. The van der Waals surface area contributed by atoms with Gasteiger partial charge >= 0.3 is 0 Å². The first-order valence-corrected chi connectivity index (χ1v) is 6.04. The molecule has 0 heterocycles. The summed E-state index contributed by atoms with van der Waals surface area (Å²) in [6, 6.07) is 0. The van der Waals surface area contributed by atoms with E-state index in [1.54, 1.807) is 0 Å². The summed E-state index contributed by atoms with van der Waals surface area (Å²) in [4.78, 5) is 11.7. The minimum Gasteiger partial charge on any atom is -0.351 e. The van der Waals surface area contributed by atoms with Crippen LogP contribution in [-0.2, 0) is 4.79 Å². The van der Waals surface area contributed by atoms with E-state index in [0.717, 1.165) is 19.3 Å². The van der Waals surface area contributed by atoms with Crippen molar-refractivity contribution in [2.75, 3.05) is 6.54 Å². The second kappa shape index (κ2) is 6.83. The maximum absolute atomic E-state index is 11.7. The monoisotopic (exact) mass is 214 g/mol. The zero-order valence-electron chi connectivity index (χ0n) is 10.6. The third-order valence-electron chi connectivity index (χ3n) is 3.37. The van der Waals surface area contributed by atoms with Crippen molar-refractivity contribution in [3.05, 3.63) is 0 Å². The van der Waals surface area contributed by atoms with Gasteiger partial charge in [0, 0.05) is 12.0 Å². The minimum atomic E-state index is -0.00853. The Bertz CT molecular complexity index is 180. The fourth-order valence-electron chi connectivity index (χ4n) is 1.76. The lowest BCUT2D eigenvalue weighted by Crippen LogP contribution is -2.47. The molecule has 0 aromatic rings. The Morgan fingerprint density at radius 2 is 1.73 bits per heavy atom. The van der Waals surface area contributed by atoms with Gasteiger partial charge in [0.05, 0.1) is 0 Å². The van der Waals surface area contributed by atoms with Crippen molar-refractivity contribution in [2.24, 2.45) is 11.7 Å². The molecule has 0 bridgehead atoms. The number of amides is 1. The van der Waals surface area contributed by atoms with Crippen molar-refractivity contribution >= 4 is 5.91 Å². The van der Waals surface area contributed by atoms with Crippen LogP contribution in [0.5, 0.6) is 0 Å². The van der Waals surface area contributed by atoms with E-state index < -0.39 is 0 Å². The third-order valence-corrected chi connectivity index (χ3v) is 3.37. The number of rotatable bonds is 7. The summed E-state index contributed by atoms with van der Waals surface area (Å²) < 4.78 is 0. The van der Waals surface area contributed by atoms with Gasteiger partial charge in [-0.05, 0) is 31.7 Å². The number of hydrogen-bond donors (Lipinski definition) is 2. The predicted molar refractivity (Wildman–Crippen MR) is 64.6 cm³/mol. The lowest BCUT2D eigenvalue weighted by Gasteiger charge is -2.32. The SMILES string of the molecule is CCC(CC)(CC)NC(=O)CC(C)CN. The van der Waals surface area contributed by atoms with Gasteiger partial charge in [0.1, 0.15) is 0 Å². The van der Waals surface area contributed by atoms with Crippen molar-refractivity contribution < 1.29 is 4.79 Å². The third kappa shape index (κ3) is 4.65. The first kappa shape index (κ1) is 14.4. The molecule has 0 aromatic heterocycles. The highest BCUT2D eigenvalue weighted by Gasteiger charge is 2.25. The van der Waals surface area contributed by atoms with Crippen molar-refractivity contribution in [3.63, 3.8) is 0 Å². The second-order valence-electron chi connectivity index (χ2n) is 4.43. The Labute approximate surface area is 93.8 Å². The van der Waals surface area contributed by atoms with E-state index in [-0.39, 0.29) is 17.4 Å². The zero-order valence-corrected chi connectivity index (χ0v) is 10.6. The lowest BCUT2D eigenvalue weighted by molar-refractivity contribution is -0.124. The summed E-state index contributed by atoms with van der Waals surface area (Å²) in [5, 5.41) is 3.15. The van der Waals surface area contributed by atoms with Crippen molar-refractivity contribution in [2.45, 2.75) is 58.9 Å². The Balaban J connectivity index is 4.23. The highest BCUT2D eigenvalue weighted by Crippen LogP contribution is 2.19.